The van der Waals surface area contributed by atoms with Crippen LogP contribution in [0.2, 0.25) is 0 Å². The van der Waals surface area contributed by atoms with Crippen molar-refractivity contribution in [2.24, 2.45) is 5.73 Å². The van der Waals surface area contributed by atoms with Crippen LogP contribution >= 0.6 is 0 Å². The van der Waals surface area contributed by atoms with Gasteiger partial charge in [-0.2, -0.15) is 5.10 Å². The molecule has 4 heteroatoms. The Morgan fingerprint density at radius 3 is 2.89 bits per heavy atom. The van der Waals surface area contributed by atoms with E-state index < -0.39 is 0 Å². The van der Waals surface area contributed by atoms with Crippen molar-refractivity contribution in [2.45, 2.75) is 58.2 Å². The molecule has 1 aromatic rings. The Kier molecular flexibility index (Phi) is 4.78. The molecule has 1 aliphatic rings. The first-order valence-corrected chi connectivity index (χ1v) is 7.26. The molecular formula is C14H26N4. The lowest BCUT2D eigenvalue weighted by Crippen LogP contribution is -2.35. The van der Waals surface area contributed by atoms with Crippen LogP contribution in [-0.2, 0) is 6.54 Å². The Morgan fingerprint density at radius 2 is 2.22 bits per heavy atom. The normalized spacial score (nSPS) is 21.0. The Bertz CT molecular complexity index is 356. The van der Waals surface area contributed by atoms with Crippen molar-refractivity contribution in [3.8, 4) is 0 Å². The topological polar surface area (TPSA) is 47.1 Å². The van der Waals surface area contributed by atoms with Gasteiger partial charge in [-0.1, -0.05) is 13.8 Å². The maximum atomic E-state index is 5.81. The summed E-state index contributed by atoms with van der Waals surface area (Å²) >= 11 is 0. The summed E-state index contributed by atoms with van der Waals surface area (Å²) in [4.78, 5) is 2.47. The van der Waals surface area contributed by atoms with Crippen LogP contribution < -0.4 is 5.73 Å². The van der Waals surface area contributed by atoms with E-state index in [4.69, 9.17) is 10.8 Å². The van der Waals surface area contributed by atoms with Gasteiger partial charge in [0.25, 0.3) is 0 Å². The third kappa shape index (κ3) is 2.93. The molecule has 0 spiro atoms. The summed E-state index contributed by atoms with van der Waals surface area (Å²) in [5, 5.41) is 4.72. The van der Waals surface area contributed by atoms with Gasteiger partial charge in [0.15, 0.2) is 0 Å². The molecule has 2 rings (SSSR count). The summed E-state index contributed by atoms with van der Waals surface area (Å²) in [5.41, 5.74) is 6.99. The third-order valence-corrected chi connectivity index (χ3v) is 4.12. The second-order valence-electron chi connectivity index (χ2n) is 5.26. The van der Waals surface area contributed by atoms with Crippen molar-refractivity contribution in [2.75, 3.05) is 13.1 Å². The van der Waals surface area contributed by atoms with Crippen molar-refractivity contribution in [3.05, 3.63) is 18.0 Å². The Morgan fingerprint density at radius 1 is 1.44 bits per heavy atom. The lowest BCUT2D eigenvalue weighted by Gasteiger charge is -2.21. The quantitative estimate of drug-likeness (QED) is 0.841. The van der Waals surface area contributed by atoms with E-state index in [1.165, 1.54) is 25.1 Å². The molecule has 0 aliphatic carbocycles. The predicted octanol–water partition coefficient (Wildman–Crippen LogP) is 2.17. The van der Waals surface area contributed by atoms with E-state index in [-0.39, 0.29) is 0 Å². The van der Waals surface area contributed by atoms with Crippen LogP contribution in [0.15, 0.2) is 12.3 Å². The molecule has 18 heavy (non-hydrogen) atoms. The first-order chi connectivity index (χ1) is 8.78. The summed E-state index contributed by atoms with van der Waals surface area (Å²) < 4.78 is 2.13. The van der Waals surface area contributed by atoms with Gasteiger partial charge in [-0.05, 0) is 38.3 Å². The molecule has 1 fully saturated rings. The van der Waals surface area contributed by atoms with Gasteiger partial charge in [-0.3, -0.25) is 9.58 Å². The van der Waals surface area contributed by atoms with Crippen molar-refractivity contribution in [1.82, 2.24) is 14.7 Å². The second kappa shape index (κ2) is 6.34. The minimum absolute atomic E-state index is 0.544. The van der Waals surface area contributed by atoms with Crippen LogP contribution in [-0.4, -0.2) is 33.8 Å². The Hall–Kier alpha value is -0.870. The third-order valence-electron chi connectivity index (χ3n) is 4.12. The van der Waals surface area contributed by atoms with Crippen LogP contribution in [0.25, 0.3) is 0 Å². The summed E-state index contributed by atoms with van der Waals surface area (Å²) in [6.07, 6.45) is 6.93. The summed E-state index contributed by atoms with van der Waals surface area (Å²) in [6.45, 7) is 7.34. The molecule has 0 saturated carbocycles. The largest absolute Gasteiger partial charge is 0.329 e. The van der Waals surface area contributed by atoms with E-state index >= 15 is 0 Å². The van der Waals surface area contributed by atoms with Crippen LogP contribution in [0.5, 0.6) is 0 Å². The molecule has 0 amide bonds. The second-order valence-corrected chi connectivity index (χ2v) is 5.26. The van der Waals surface area contributed by atoms with E-state index in [1.807, 2.05) is 0 Å². The molecule has 1 atom stereocenters. The number of nitrogens with zero attached hydrogens (tertiary/aromatic N) is 3. The zero-order chi connectivity index (χ0) is 13.0. The summed E-state index contributed by atoms with van der Waals surface area (Å²) in [7, 11) is 0. The molecule has 0 bridgehead atoms. The van der Waals surface area contributed by atoms with Gasteiger partial charge in [0.1, 0.15) is 0 Å². The van der Waals surface area contributed by atoms with Gasteiger partial charge in [-0.15, -0.1) is 0 Å². The van der Waals surface area contributed by atoms with E-state index in [0.29, 0.717) is 12.1 Å². The fourth-order valence-corrected chi connectivity index (χ4v) is 2.91. The number of hydrogen-bond donors (Lipinski definition) is 1. The van der Waals surface area contributed by atoms with Gasteiger partial charge in [0, 0.05) is 25.3 Å². The Balaban J connectivity index is 1.98. The zero-order valence-corrected chi connectivity index (χ0v) is 11.7. The maximum absolute atomic E-state index is 5.81. The zero-order valence-electron chi connectivity index (χ0n) is 11.7. The van der Waals surface area contributed by atoms with Gasteiger partial charge in [0.2, 0.25) is 0 Å². The average Bonchev–Trinajstić information content (AvgIpc) is 3.01. The van der Waals surface area contributed by atoms with E-state index in [1.54, 1.807) is 0 Å². The fraction of sp³-hybridized carbons (Fsp3) is 0.786. The van der Waals surface area contributed by atoms with Crippen molar-refractivity contribution >= 4 is 0 Å². The minimum atomic E-state index is 0.544. The number of aromatic nitrogens is 2. The summed E-state index contributed by atoms with van der Waals surface area (Å²) in [6, 6.07) is 3.26. The number of hydrogen-bond acceptors (Lipinski definition) is 3. The van der Waals surface area contributed by atoms with Crippen molar-refractivity contribution in [3.63, 3.8) is 0 Å². The fourth-order valence-electron chi connectivity index (χ4n) is 2.91. The molecule has 1 aliphatic heterocycles. The van der Waals surface area contributed by atoms with Crippen molar-refractivity contribution < 1.29 is 0 Å². The Labute approximate surface area is 110 Å². The summed E-state index contributed by atoms with van der Waals surface area (Å²) in [5.74, 6) is 0. The van der Waals surface area contributed by atoms with Crippen molar-refractivity contribution in [1.29, 1.82) is 0 Å². The lowest BCUT2D eigenvalue weighted by molar-refractivity contribution is 0.245. The molecule has 1 unspecified atom stereocenters. The molecule has 0 aromatic carbocycles. The van der Waals surface area contributed by atoms with E-state index in [9.17, 15) is 0 Å². The first-order valence-electron chi connectivity index (χ1n) is 7.26. The molecule has 2 N–H and O–H groups in total. The highest BCUT2D eigenvalue weighted by Gasteiger charge is 2.23. The number of nitrogens with two attached hydrogens (primary N) is 1. The van der Waals surface area contributed by atoms with E-state index in [0.717, 1.165) is 25.9 Å². The molecule has 1 saturated heterocycles. The SMILES string of the molecule is CCC(CC)n1ccc(CN2CCCC2CN)n1. The highest BCUT2D eigenvalue weighted by Crippen LogP contribution is 2.20. The molecule has 4 nitrogen and oxygen atoms in total. The monoisotopic (exact) mass is 250 g/mol. The van der Waals surface area contributed by atoms with Gasteiger partial charge < -0.3 is 5.73 Å². The van der Waals surface area contributed by atoms with Gasteiger partial charge in [-0.25, -0.2) is 0 Å². The molecule has 2 heterocycles. The molecule has 102 valence electrons. The predicted molar refractivity (Wildman–Crippen MR) is 74.3 cm³/mol. The maximum Gasteiger partial charge on any atom is 0.0765 e. The standard InChI is InChI=1S/C14H26N4/c1-3-13(4-2)18-9-7-12(16-18)11-17-8-5-6-14(17)10-15/h7,9,13-14H,3-6,8,10-11,15H2,1-2H3. The molecular weight excluding hydrogens is 224 g/mol. The first kappa shape index (κ1) is 13.6. The highest BCUT2D eigenvalue weighted by molar-refractivity contribution is 5.01. The van der Waals surface area contributed by atoms with Crippen LogP contribution in [0, 0.1) is 0 Å². The van der Waals surface area contributed by atoms with Crippen LogP contribution in [0.1, 0.15) is 51.3 Å². The average molecular weight is 250 g/mol. The molecule has 0 radical (unpaired) electrons. The van der Waals surface area contributed by atoms with Crippen LogP contribution in [0.4, 0.5) is 0 Å². The molecule has 1 aromatic heterocycles. The van der Waals surface area contributed by atoms with Crippen LogP contribution in [0.3, 0.4) is 0 Å². The van der Waals surface area contributed by atoms with Gasteiger partial charge in [0.05, 0.1) is 11.7 Å². The van der Waals surface area contributed by atoms with Gasteiger partial charge >= 0.3 is 0 Å². The lowest BCUT2D eigenvalue weighted by atomic mass is 10.2. The number of rotatable bonds is 6. The highest BCUT2D eigenvalue weighted by atomic mass is 15.3. The minimum Gasteiger partial charge on any atom is -0.329 e. The smallest absolute Gasteiger partial charge is 0.0765 e. The number of likely N-dealkylation sites (tertiary alicyclic amines) is 1. The van der Waals surface area contributed by atoms with E-state index in [2.05, 4.69) is 35.7 Å².